The van der Waals surface area contributed by atoms with Gasteiger partial charge in [0.15, 0.2) is 0 Å². The van der Waals surface area contributed by atoms with Gasteiger partial charge >= 0.3 is 0 Å². The second kappa shape index (κ2) is 16.3. The summed E-state index contributed by atoms with van der Waals surface area (Å²) in [6, 6.07) is 0. The quantitative estimate of drug-likeness (QED) is 0.639. The molecule has 0 bridgehead atoms. The van der Waals surface area contributed by atoms with Crippen molar-refractivity contribution in [3.63, 3.8) is 0 Å². The highest BCUT2D eigenvalue weighted by molar-refractivity contribution is 4.42. The van der Waals surface area contributed by atoms with Crippen LogP contribution in [0.5, 0.6) is 0 Å². The summed E-state index contributed by atoms with van der Waals surface area (Å²) in [6.07, 6.45) is 4.91. The molecule has 0 aromatic carbocycles. The largest absolute Gasteiger partial charge is 0.396 e. The van der Waals surface area contributed by atoms with Crippen LogP contribution < -0.4 is 0 Å². The molecule has 3 heteroatoms. The van der Waals surface area contributed by atoms with E-state index in [1.165, 1.54) is 25.7 Å². The number of unbranched alkanes of at least 4 members (excludes halogenated alkanes) is 2. The van der Waals surface area contributed by atoms with Crippen molar-refractivity contribution in [1.82, 2.24) is 0 Å². The minimum Gasteiger partial charge on any atom is -0.396 e. The third-order valence-corrected chi connectivity index (χ3v) is 1.86. The topological polar surface area (TPSA) is 29.5 Å². The van der Waals surface area contributed by atoms with Gasteiger partial charge in [0.2, 0.25) is 0 Å². The monoisotopic (exact) mass is 222 g/mol. The van der Waals surface area contributed by atoms with Gasteiger partial charge < -0.3 is 9.84 Å². The lowest BCUT2D eigenvalue weighted by atomic mass is 10.2. The first kappa shape index (κ1) is 17.3. The van der Waals surface area contributed by atoms with Crippen molar-refractivity contribution in [3.05, 3.63) is 0 Å². The number of ether oxygens (including phenoxy) is 1. The second-order valence-electron chi connectivity index (χ2n) is 3.76. The van der Waals surface area contributed by atoms with Gasteiger partial charge in [0.1, 0.15) is 0 Å². The average molecular weight is 222 g/mol. The van der Waals surface area contributed by atoms with Gasteiger partial charge in [-0.25, -0.2) is 0 Å². The standard InChI is InChI=1S/C8H18O.C4H9FO/c1-3-5-7-9-8-6-4-2;1-4(2-5)3-6/h3-8H2,1-2H3;4,6H,2-3H2,1H3. The molecule has 0 amide bonds. The molecular weight excluding hydrogens is 195 g/mol. The van der Waals surface area contributed by atoms with Gasteiger partial charge in [-0.2, -0.15) is 0 Å². The van der Waals surface area contributed by atoms with Crippen molar-refractivity contribution >= 4 is 0 Å². The maximum absolute atomic E-state index is 11.2. The molecule has 0 spiro atoms. The highest BCUT2D eigenvalue weighted by atomic mass is 19.1. The molecule has 1 unspecified atom stereocenters. The summed E-state index contributed by atoms with van der Waals surface area (Å²) in [5.41, 5.74) is 0. The Kier molecular flexibility index (Phi) is 18.7. The molecule has 94 valence electrons. The Bertz CT molecular complexity index is 89.6. The highest BCUT2D eigenvalue weighted by Crippen LogP contribution is 1.91. The molecule has 0 saturated carbocycles. The van der Waals surface area contributed by atoms with Gasteiger partial charge in [-0.1, -0.05) is 33.6 Å². The minimum absolute atomic E-state index is 0.0451. The van der Waals surface area contributed by atoms with E-state index in [9.17, 15) is 4.39 Å². The van der Waals surface area contributed by atoms with Gasteiger partial charge in [-0.05, 0) is 12.8 Å². The van der Waals surface area contributed by atoms with E-state index in [1.807, 2.05) is 0 Å². The molecule has 0 saturated heterocycles. The molecule has 1 atom stereocenters. The van der Waals surface area contributed by atoms with Crippen LogP contribution in [0.15, 0.2) is 0 Å². The molecule has 0 fully saturated rings. The molecule has 0 rings (SSSR count). The number of aliphatic hydroxyl groups excluding tert-OH is 1. The van der Waals surface area contributed by atoms with Crippen LogP contribution in [0.1, 0.15) is 46.5 Å². The summed E-state index contributed by atoms with van der Waals surface area (Å²) in [5.74, 6) is -0.176. The maximum Gasteiger partial charge on any atom is 0.0941 e. The first-order valence-corrected chi connectivity index (χ1v) is 5.97. The summed E-state index contributed by atoms with van der Waals surface area (Å²) in [4.78, 5) is 0. The lowest BCUT2D eigenvalue weighted by molar-refractivity contribution is 0.128. The van der Waals surface area contributed by atoms with Crippen molar-refractivity contribution < 1.29 is 14.2 Å². The highest BCUT2D eigenvalue weighted by Gasteiger charge is 1.93. The molecule has 0 aliphatic heterocycles. The number of rotatable bonds is 8. The predicted octanol–water partition coefficient (Wildman–Crippen LogP) is 3.19. The third-order valence-electron chi connectivity index (χ3n) is 1.86. The van der Waals surface area contributed by atoms with E-state index >= 15 is 0 Å². The molecule has 15 heavy (non-hydrogen) atoms. The molecule has 0 heterocycles. The van der Waals surface area contributed by atoms with Crippen molar-refractivity contribution in [2.24, 2.45) is 5.92 Å². The van der Waals surface area contributed by atoms with Crippen LogP contribution in [0.4, 0.5) is 4.39 Å². The normalized spacial score (nSPS) is 11.8. The van der Waals surface area contributed by atoms with Crippen LogP contribution >= 0.6 is 0 Å². The van der Waals surface area contributed by atoms with Crippen LogP contribution in [0.2, 0.25) is 0 Å². The minimum atomic E-state index is -0.420. The first-order chi connectivity index (χ1) is 7.22. The van der Waals surface area contributed by atoms with E-state index in [0.29, 0.717) is 0 Å². The zero-order valence-corrected chi connectivity index (χ0v) is 10.5. The lowest BCUT2D eigenvalue weighted by Gasteiger charge is -1.99. The molecule has 0 radical (unpaired) electrons. The Hall–Kier alpha value is -0.150. The number of aliphatic hydroxyl groups is 1. The molecule has 0 aromatic rings. The van der Waals surface area contributed by atoms with Crippen molar-refractivity contribution in [2.75, 3.05) is 26.5 Å². The van der Waals surface area contributed by atoms with Gasteiger partial charge in [0.25, 0.3) is 0 Å². The molecular formula is C12H27FO2. The van der Waals surface area contributed by atoms with E-state index in [0.717, 1.165) is 13.2 Å². The Morgan fingerprint density at radius 1 is 1.13 bits per heavy atom. The van der Waals surface area contributed by atoms with Gasteiger partial charge in [0.05, 0.1) is 6.67 Å². The smallest absolute Gasteiger partial charge is 0.0941 e. The van der Waals surface area contributed by atoms with Crippen LogP contribution in [0.25, 0.3) is 0 Å². The van der Waals surface area contributed by atoms with Gasteiger partial charge in [-0.3, -0.25) is 4.39 Å². The number of alkyl halides is 1. The SMILES string of the molecule is CC(CO)CF.CCCCOCCCC. The number of hydrogen-bond acceptors (Lipinski definition) is 2. The first-order valence-electron chi connectivity index (χ1n) is 5.97. The summed E-state index contributed by atoms with van der Waals surface area (Å²) >= 11 is 0. The summed E-state index contributed by atoms with van der Waals surface area (Å²) in [6.45, 7) is 7.46. The predicted molar refractivity (Wildman–Crippen MR) is 62.9 cm³/mol. The van der Waals surface area contributed by atoms with E-state index in [4.69, 9.17) is 9.84 Å². The molecule has 1 N–H and O–H groups in total. The number of halogens is 1. The van der Waals surface area contributed by atoms with E-state index in [-0.39, 0.29) is 12.5 Å². The summed E-state index contributed by atoms with van der Waals surface area (Å²) < 4.78 is 16.5. The summed E-state index contributed by atoms with van der Waals surface area (Å²) in [7, 11) is 0. The zero-order valence-electron chi connectivity index (χ0n) is 10.5. The average Bonchev–Trinajstić information content (AvgIpc) is 2.29. The van der Waals surface area contributed by atoms with Crippen LogP contribution in [-0.2, 0) is 4.74 Å². The Balaban J connectivity index is 0. The number of hydrogen-bond donors (Lipinski definition) is 1. The Labute approximate surface area is 93.8 Å². The molecule has 0 aliphatic rings. The van der Waals surface area contributed by atoms with Gasteiger partial charge in [-0.15, -0.1) is 0 Å². The fourth-order valence-corrected chi connectivity index (χ4v) is 0.644. The summed E-state index contributed by atoms with van der Waals surface area (Å²) in [5, 5.41) is 8.09. The molecule has 0 aliphatic carbocycles. The van der Waals surface area contributed by atoms with Crippen molar-refractivity contribution in [2.45, 2.75) is 46.5 Å². The van der Waals surface area contributed by atoms with Crippen LogP contribution in [0, 0.1) is 5.92 Å². The third kappa shape index (κ3) is 20.0. The molecule has 2 nitrogen and oxygen atoms in total. The fraction of sp³-hybridized carbons (Fsp3) is 1.00. The lowest BCUT2D eigenvalue weighted by Crippen LogP contribution is -2.00. The maximum atomic E-state index is 11.2. The van der Waals surface area contributed by atoms with E-state index in [2.05, 4.69) is 13.8 Å². The Morgan fingerprint density at radius 2 is 1.60 bits per heavy atom. The van der Waals surface area contributed by atoms with Crippen LogP contribution in [0.3, 0.4) is 0 Å². The second-order valence-corrected chi connectivity index (χ2v) is 3.76. The van der Waals surface area contributed by atoms with E-state index < -0.39 is 6.67 Å². The van der Waals surface area contributed by atoms with Crippen molar-refractivity contribution in [3.8, 4) is 0 Å². The van der Waals surface area contributed by atoms with E-state index in [1.54, 1.807) is 6.92 Å². The van der Waals surface area contributed by atoms with Crippen molar-refractivity contribution in [1.29, 1.82) is 0 Å². The molecule has 0 aromatic heterocycles. The fourth-order valence-electron chi connectivity index (χ4n) is 0.644. The Morgan fingerprint density at radius 3 is 1.80 bits per heavy atom. The van der Waals surface area contributed by atoms with Crippen LogP contribution in [-0.4, -0.2) is 31.6 Å². The van der Waals surface area contributed by atoms with Gasteiger partial charge in [0, 0.05) is 25.7 Å². The zero-order chi connectivity index (χ0) is 11.9.